The molecular formula is C11H13N3O6S. The lowest BCUT2D eigenvalue weighted by Crippen LogP contribution is -2.27. The first-order valence-corrected chi connectivity index (χ1v) is 7.39. The summed E-state index contributed by atoms with van der Waals surface area (Å²) in [7, 11) is -4.01. The van der Waals surface area contributed by atoms with Crippen LogP contribution < -0.4 is 4.72 Å². The summed E-state index contributed by atoms with van der Waals surface area (Å²) < 4.78 is 36.4. The summed E-state index contributed by atoms with van der Waals surface area (Å²) in [6.45, 7) is 2.80. The van der Waals surface area contributed by atoms with E-state index in [1.807, 2.05) is 0 Å². The Kier molecular flexibility index (Phi) is 4.09. The lowest BCUT2D eigenvalue weighted by Gasteiger charge is -2.05. The maximum absolute atomic E-state index is 12.2. The third-order valence-corrected chi connectivity index (χ3v) is 4.35. The molecule has 0 radical (unpaired) electrons. The molecule has 0 saturated carbocycles. The average molecular weight is 315 g/mol. The van der Waals surface area contributed by atoms with Gasteiger partial charge in [0.1, 0.15) is 22.0 Å². The van der Waals surface area contributed by atoms with Crippen molar-refractivity contribution in [3.63, 3.8) is 0 Å². The van der Waals surface area contributed by atoms with Gasteiger partial charge in [-0.3, -0.25) is 0 Å². The van der Waals surface area contributed by atoms with Crippen LogP contribution in [0.15, 0.2) is 20.2 Å². The van der Waals surface area contributed by atoms with Crippen LogP contribution in [0.2, 0.25) is 0 Å². The largest absolute Gasteiger partial charge is 0.478 e. The summed E-state index contributed by atoms with van der Waals surface area (Å²) in [6.07, 6.45) is 1.35. The molecule has 0 saturated heterocycles. The molecule has 2 aromatic rings. The van der Waals surface area contributed by atoms with Crippen LogP contribution in [-0.4, -0.2) is 36.2 Å². The minimum atomic E-state index is -4.01. The van der Waals surface area contributed by atoms with Crippen LogP contribution in [0.4, 0.5) is 0 Å². The van der Waals surface area contributed by atoms with E-state index in [1.54, 1.807) is 0 Å². The molecule has 0 unspecified atom stereocenters. The molecule has 0 aliphatic heterocycles. The quantitative estimate of drug-likeness (QED) is 0.786. The monoisotopic (exact) mass is 315 g/mol. The molecule has 0 atom stereocenters. The highest BCUT2D eigenvalue weighted by Crippen LogP contribution is 2.26. The molecule has 10 heteroatoms. The standard InChI is InChI=1S/C11H13N3O6S/c1-6-9(11(15)16)10(7(2)20-6)21(17,18)13-4-3-8-12-5-19-14-8/h5,13H,3-4H2,1-2H3,(H,15,16). The normalized spacial score (nSPS) is 11.7. The van der Waals surface area contributed by atoms with Gasteiger partial charge in [0.2, 0.25) is 16.4 Å². The molecule has 0 spiro atoms. The van der Waals surface area contributed by atoms with Crippen molar-refractivity contribution < 1.29 is 27.3 Å². The highest BCUT2D eigenvalue weighted by atomic mass is 32.2. The van der Waals surface area contributed by atoms with E-state index in [4.69, 9.17) is 9.52 Å². The Morgan fingerprint density at radius 1 is 1.38 bits per heavy atom. The Morgan fingerprint density at radius 3 is 2.67 bits per heavy atom. The number of rotatable bonds is 6. The average Bonchev–Trinajstić information content (AvgIpc) is 2.96. The highest BCUT2D eigenvalue weighted by Gasteiger charge is 2.30. The summed E-state index contributed by atoms with van der Waals surface area (Å²) in [6, 6.07) is 0. The van der Waals surface area contributed by atoms with Gasteiger partial charge in [-0.25, -0.2) is 17.9 Å². The number of furan rings is 1. The zero-order valence-electron chi connectivity index (χ0n) is 11.3. The van der Waals surface area contributed by atoms with Crippen molar-refractivity contribution in [2.75, 3.05) is 6.54 Å². The van der Waals surface area contributed by atoms with E-state index in [9.17, 15) is 13.2 Å². The molecule has 0 amide bonds. The van der Waals surface area contributed by atoms with E-state index >= 15 is 0 Å². The van der Waals surface area contributed by atoms with E-state index in [0.717, 1.165) is 6.39 Å². The first kappa shape index (κ1) is 15.2. The number of hydrogen-bond acceptors (Lipinski definition) is 7. The van der Waals surface area contributed by atoms with Crippen molar-refractivity contribution in [2.24, 2.45) is 0 Å². The summed E-state index contributed by atoms with van der Waals surface area (Å²) in [5, 5.41) is 12.7. The molecule has 0 aliphatic carbocycles. The molecule has 114 valence electrons. The van der Waals surface area contributed by atoms with Crippen molar-refractivity contribution in [2.45, 2.75) is 25.2 Å². The Balaban J connectivity index is 2.21. The van der Waals surface area contributed by atoms with Gasteiger partial charge in [-0.2, -0.15) is 4.98 Å². The van der Waals surface area contributed by atoms with Gasteiger partial charge in [-0.1, -0.05) is 5.16 Å². The smallest absolute Gasteiger partial charge is 0.340 e. The van der Waals surface area contributed by atoms with E-state index in [-0.39, 0.29) is 34.9 Å². The predicted octanol–water partition coefficient (Wildman–Crippen LogP) is 0.499. The second kappa shape index (κ2) is 5.66. The van der Waals surface area contributed by atoms with E-state index in [2.05, 4.69) is 19.4 Å². The van der Waals surface area contributed by atoms with Gasteiger partial charge in [0.25, 0.3) is 0 Å². The number of carboxylic acids is 1. The second-order valence-electron chi connectivity index (χ2n) is 4.22. The van der Waals surface area contributed by atoms with Crippen molar-refractivity contribution in [3.8, 4) is 0 Å². The Hall–Kier alpha value is -2.20. The molecular weight excluding hydrogens is 302 g/mol. The van der Waals surface area contributed by atoms with Gasteiger partial charge < -0.3 is 14.0 Å². The third-order valence-electron chi connectivity index (χ3n) is 2.74. The first-order chi connectivity index (χ1) is 9.83. The van der Waals surface area contributed by atoms with Crippen LogP contribution in [0.25, 0.3) is 0 Å². The number of aromatic nitrogens is 2. The van der Waals surface area contributed by atoms with Crippen LogP contribution in [0.3, 0.4) is 0 Å². The minimum Gasteiger partial charge on any atom is -0.478 e. The number of carbonyl (C=O) groups is 1. The number of carboxylic acid groups (broad SMARTS) is 1. The minimum absolute atomic E-state index is 0.00456. The van der Waals surface area contributed by atoms with Gasteiger partial charge in [0.05, 0.1) is 0 Å². The number of nitrogens with one attached hydrogen (secondary N) is 1. The summed E-state index contributed by atoms with van der Waals surface area (Å²) in [5.41, 5.74) is -0.362. The van der Waals surface area contributed by atoms with E-state index < -0.39 is 16.0 Å². The molecule has 2 aromatic heterocycles. The number of nitrogens with zero attached hydrogens (tertiary/aromatic N) is 2. The van der Waals surface area contributed by atoms with Crippen molar-refractivity contribution in [3.05, 3.63) is 29.3 Å². The van der Waals surface area contributed by atoms with Gasteiger partial charge in [-0.15, -0.1) is 0 Å². The highest BCUT2D eigenvalue weighted by molar-refractivity contribution is 7.89. The molecule has 9 nitrogen and oxygen atoms in total. The third kappa shape index (κ3) is 3.11. The Bertz CT molecular complexity index is 747. The van der Waals surface area contributed by atoms with E-state index in [0.29, 0.717) is 5.82 Å². The molecule has 0 fully saturated rings. The fraction of sp³-hybridized carbons (Fsp3) is 0.364. The zero-order valence-corrected chi connectivity index (χ0v) is 12.1. The molecule has 21 heavy (non-hydrogen) atoms. The second-order valence-corrected chi connectivity index (χ2v) is 5.92. The van der Waals surface area contributed by atoms with Gasteiger partial charge >= 0.3 is 5.97 Å². The molecule has 0 bridgehead atoms. The fourth-order valence-electron chi connectivity index (χ4n) is 1.91. The summed E-state index contributed by atoms with van der Waals surface area (Å²) in [5.74, 6) is -0.949. The predicted molar refractivity (Wildman–Crippen MR) is 68.3 cm³/mol. The Labute approximate surface area is 120 Å². The maximum Gasteiger partial charge on any atom is 0.340 e. The summed E-state index contributed by atoms with van der Waals surface area (Å²) in [4.78, 5) is 14.6. The van der Waals surface area contributed by atoms with Crippen LogP contribution in [0, 0.1) is 13.8 Å². The van der Waals surface area contributed by atoms with Gasteiger partial charge in [-0.05, 0) is 13.8 Å². The van der Waals surface area contributed by atoms with Gasteiger partial charge in [0.15, 0.2) is 5.82 Å². The van der Waals surface area contributed by atoms with Crippen molar-refractivity contribution in [1.29, 1.82) is 0 Å². The lowest BCUT2D eigenvalue weighted by molar-refractivity contribution is 0.0691. The van der Waals surface area contributed by atoms with Crippen LogP contribution >= 0.6 is 0 Å². The van der Waals surface area contributed by atoms with Crippen molar-refractivity contribution >= 4 is 16.0 Å². The molecule has 2 heterocycles. The van der Waals surface area contributed by atoms with Crippen LogP contribution in [-0.2, 0) is 16.4 Å². The zero-order chi connectivity index (χ0) is 15.6. The van der Waals surface area contributed by atoms with Gasteiger partial charge in [0, 0.05) is 13.0 Å². The molecule has 2 N–H and O–H groups in total. The maximum atomic E-state index is 12.2. The van der Waals surface area contributed by atoms with Crippen molar-refractivity contribution in [1.82, 2.24) is 14.9 Å². The van der Waals surface area contributed by atoms with Crippen LogP contribution in [0.5, 0.6) is 0 Å². The topological polar surface area (TPSA) is 136 Å². The summed E-state index contributed by atoms with van der Waals surface area (Å²) >= 11 is 0. The van der Waals surface area contributed by atoms with Crippen LogP contribution in [0.1, 0.15) is 27.7 Å². The number of hydrogen-bond donors (Lipinski definition) is 2. The number of aromatic carboxylic acids is 1. The molecule has 2 rings (SSSR count). The lowest BCUT2D eigenvalue weighted by atomic mass is 10.2. The van der Waals surface area contributed by atoms with E-state index in [1.165, 1.54) is 13.8 Å². The first-order valence-electron chi connectivity index (χ1n) is 5.91. The number of sulfonamides is 1. The number of aryl methyl sites for hydroxylation is 2. The SMILES string of the molecule is Cc1oc(C)c(S(=O)(=O)NCCc2ncon2)c1C(=O)O. The fourth-order valence-corrected chi connectivity index (χ4v) is 3.34. The molecule has 0 aliphatic rings. The molecule has 0 aromatic carbocycles. The Morgan fingerprint density at radius 2 is 2.10 bits per heavy atom.